The lowest BCUT2D eigenvalue weighted by atomic mass is 9.95. The first-order valence-electron chi connectivity index (χ1n) is 10.7. The molecule has 1 aliphatic rings. The van der Waals surface area contributed by atoms with Crippen LogP contribution in [0.1, 0.15) is 36.4 Å². The van der Waals surface area contributed by atoms with Crippen molar-refractivity contribution in [1.82, 2.24) is 9.88 Å². The molecule has 0 bridgehead atoms. The van der Waals surface area contributed by atoms with Crippen LogP contribution in [0.25, 0.3) is 22.1 Å². The highest BCUT2D eigenvalue weighted by atomic mass is 16.4. The smallest absolute Gasteiger partial charge is 0.344 e. The number of pyridine rings is 1. The van der Waals surface area contributed by atoms with E-state index in [1.165, 1.54) is 5.56 Å². The molecule has 5 heteroatoms. The molecule has 1 aliphatic heterocycles. The third-order valence-corrected chi connectivity index (χ3v) is 6.11. The van der Waals surface area contributed by atoms with E-state index in [9.17, 15) is 9.90 Å². The van der Waals surface area contributed by atoms with Crippen molar-refractivity contribution >= 4 is 11.0 Å². The summed E-state index contributed by atoms with van der Waals surface area (Å²) in [6.07, 6.45) is 7.00. The van der Waals surface area contributed by atoms with Crippen LogP contribution in [-0.2, 0) is 6.54 Å². The lowest BCUT2D eigenvalue weighted by Crippen LogP contribution is -2.33. The molecule has 0 radical (unpaired) electrons. The van der Waals surface area contributed by atoms with Crippen LogP contribution in [-0.4, -0.2) is 21.5 Å². The summed E-state index contributed by atoms with van der Waals surface area (Å²) < 4.78 is 5.79. The van der Waals surface area contributed by atoms with Gasteiger partial charge >= 0.3 is 5.63 Å². The summed E-state index contributed by atoms with van der Waals surface area (Å²) in [5.74, 6) is 0.152. The van der Waals surface area contributed by atoms with Gasteiger partial charge in [-0.25, -0.2) is 4.79 Å². The largest absolute Gasteiger partial charge is 0.507 e. The number of hydrogen-bond donors (Lipinski definition) is 1. The van der Waals surface area contributed by atoms with E-state index in [1.54, 1.807) is 18.3 Å². The van der Waals surface area contributed by atoms with E-state index in [2.05, 4.69) is 16.0 Å². The number of aromatic hydroxyl groups is 1. The average molecular weight is 412 g/mol. The predicted octanol–water partition coefficient (Wildman–Crippen LogP) is 5.29. The molecule has 1 saturated heterocycles. The minimum atomic E-state index is -0.395. The number of phenolic OH excluding ortho intramolecular Hbond substituents is 1. The van der Waals surface area contributed by atoms with E-state index >= 15 is 0 Å². The van der Waals surface area contributed by atoms with Crippen LogP contribution in [0.4, 0.5) is 0 Å². The second-order valence-corrected chi connectivity index (χ2v) is 8.06. The van der Waals surface area contributed by atoms with Crippen molar-refractivity contribution in [1.29, 1.82) is 0 Å². The summed E-state index contributed by atoms with van der Waals surface area (Å²) in [6.45, 7) is 1.43. The summed E-state index contributed by atoms with van der Waals surface area (Å²) in [6, 6.07) is 19.1. The van der Waals surface area contributed by atoms with E-state index in [-0.39, 0.29) is 11.8 Å². The molecule has 156 valence electrons. The van der Waals surface area contributed by atoms with Crippen molar-refractivity contribution in [3.05, 3.63) is 94.6 Å². The van der Waals surface area contributed by atoms with Crippen molar-refractivity contribution in [3.8, 4) is 16.9 Å². The fourth-order valence-electron chi connectivity index (χ4n) is 4.54. The number of fused-ring (bicyclic) bond motifs is 1. The van der Waals surface area contributed by atoms with Crippen LogP contribution in [0.15, 0.2) is 82.3 Å². The summed E-state index contributed by atoms with van der Waals surface area (Å²) >= 11 is 0. The second-order valence-electron chi connectivity index (χ2n) is 8.06. The Labute approximate surface area is 180 Å². The zero-order valence-electron chi connectivity index (χ0n) is 17.2. The summed E-state index contributed by atoms with van der Waals surface area (Å²) in [5, 5.41) is 11.5. The molecule has 5 rings (SSSR count). The van der Waals surface area contributed by atoms with Crippen molar-refractivity contribution in [3.63, 3.8) is 0 Å². The normalized spacial score (nSPS) is 17.1. The topological polar surface area (TPSA) is 66.6 Å². The van der Waals surface area contributed by atoms with Gasteiger partial charge in [0.25, 0.3) is 0 Å². The van der Waals surface area contributed by atoms with Crippen LogP contribution in [0, 0.1) is 0 Å². The fraction of sp³-hybridized carbons (Fsp3) is 0.231. The first kappa shape index (κ1) is 19.5. The molecule has 1 fully saturated rings. The van der Waals surface area contributed by atoms with Crippen molar-refractivity contribution in [2.24, 2.45) is 0 Å². The van der Waals surface area contributed by atoms with Crippen LogP contribution in [0.5, 0.6) is 5.75 Å². The Morgan fingerprint density at radius 1 is 1.06 bits per heavy atom. The molecule has 3 heterocycles. The quantitative estimate of drug-likeness (QED) is 0.462. The number of aromatic nitrogens is 1. The van der Waals surface area contributed by atoms with Crippen LogP contribution in [0.2, 0.25) is 0 Å². The average Bonchev–Trinajstić information content (AvgIpc) is 2.82. The lowest BCUT2D eigenvalue weighted by Gasteiger charge is -2.36. The minimum absolute atomic E-state index is 0.152. The highest BCUT2D eigenvalue weighted by molar-refractivity contribution is 5.85. The summed E-state index contributed by atoms with van der Waals surface area (Å²) in [4.78, 5) is 19.4. The molecule has 4 aromatic rings. The third-order valence-electron chi connectivity index (χ3n) is 6.11. The Bertz CT molecular complexity index is 1250. The third kappa shape index (κ3) is 3.84. The van der Waals surface area contributed by atoms with Gasteiger partial charge in [0.2, 0.25) is 0 Å². The van der Waals surface area contributed by atoms with Gasteiger partial charge in [0.15, 0.2) is 0 Å². The predicted molar refractivity (Wildman–Crippen MR) is 121 cm³/mol. The molecule has 0 spiro atoms. The van der Waals surface area contributed by atoms with Crippen molar-refractivity contribution < 1.29 is 9.52 Å². The van der Waals surface area contributed by atoms with E-state index in [0.717, 1.165) is 36.8 Å². The van der Waals surface area contributed by atoms with Gasteiger partial charge in [-0.1, -0.05) is 42.8 Å². The van der Waals surface area contributed by atoms with Gasteiger partial charge in [0, 0.05) is 30.4 Å². The monoisotopic (exact) mass is 412 g/mol. The van der Waals surface area contributed by atoms with Gasteiger partial charge in [-0.2, -0.15) is 0 Å². The van der Waals surface area contributed by atoms with E-state index < -0.39 is 5.63 Å². The van der Waals surface area contributed by atoms with E-state index in [0.29, 0.717) is 23.3 Å². The number of phenols is 1. The molecular weight excluding hydrogens is 388 g/mol. The van der Waals surface area contributed by atoms with E-state index in [4.69, 9.17) is 4.42 Å². The number of benzene rings is 2. The molecule has 1 N–H and O–H groups in total. The molecule has 0 saturated carbocycles. The Morgan fingerprint density at radius 2 is 1.94 bits per heavy atom. The van der Waals surface area contributed by atoms with E-state index in [1.807, 2.05) is 48.7 Å². The SMILES string of the molecule is O=c1oc2c(CN3CCCC[C@H]3c3cccnc3)c(O)ccc2cc1-c1ccccc1. The molecule has 2 aromatic carbocycles. The first-order valence-corrected chi connectivity index (χ1v) is 10.7. The summed E-state index contributed by atoms with van der Waals surface area (Å²) in [7, 11) is 0. The maximum Gasteiger partial charge on any atom is 0.344 e. The first-order chi connectivity index (χ1) is 15.2. The highest BCUT2D eigenvalue weighted by Gasteiger charge is 2.26. The zero-order chi connectivity index (χ0) is 21.2. The Morgan fingerprint density at radius 3 is 2.74 bits per heavy atom. The number of piperidine rings is 1. The highest BCUT2D eigenvalue weighted by Crippen LogP contribution is 2.36. The summed E-state index contributed by atoms with van der Waals surface area (Å²) in [5.41, 5.74) is 3.24. The molecule has 0 amide bonds. The Kier molecular flexibility index (Phi) is 5.26. The Hall–Kier alpha value is -3.44. The fourth-order valence-corrected chi connectivity index (χ4v) is 4.54. The number of hydrogen-bond acceptors (Lipinski definition) is 5. The van der Waals surface area contributed by atoms with Gasteiger partial charge < -0.3 is 9.52 Å². The van der Waals surface area contributed by atoms with Gasteiger partial charge in [-0.3, -0.25) is 9.88 Å². The standard InChI is InChI=1S/C26H24N2O3/c29-24-12-11-19-15-21(18-7-2-1-3-8-18)26(30)31-25(19)22(24)17-28-14-5-4-10-23(28)20-9-6-13-27-16-20/h1-3,6-9,11-13,15-16,23,29H,4-5,10,14,17H2/t23-/m0/s1. The maximum absolute atomic E-state index is 12.8. The molecule has 0 aliphatic carbocycles. The van der Waals surface area contributed by atoms with Gasteiger partial charge in [-0.15, -0.1) is 0 Å². The number of rotatable bonds is 4. The second kappa shape index (κ2) is 8.36. The molecule has 0 unspecified atom stereocenters. The van der Waals surface area contributed by atoms with Gasteiger partial charge in [0.05, 0.1) is 11.1 Å². The number of nitrogens with zero attached hydrogens (tertiary/aromatic N) is 2. The lowest BCUT2D eigenvalue weighted by molar-refractivity contribution is 0.139. The number of likely N-dealkylation sites (tertiary alicyclic amines) is 1. The van der Waals surface area contributed by atoms with Gasteiger partial charge in [0.1, 0.15) is 11.3 Å². The molecule has 1 atom stereocenters. The molecule has 5 nitrogen and oxygen atoms in total. The van der Waals surface area contributed by atoms with Crippen molar-refractivity contribution in [2.45, 2.75) is 31.8 Å². The van der Waals surface area contributed by atoms with Crippen molar-refractivity contribution in [2.75, 3.05) is 6.54 Å². The molecule has 2 aromatic heterocycles. The van der Waals surface area contributed by atoms with Gasteiger partial charge in [-0.05, 0) is 54.8 Å². The zero-order valence-corrected chi connectivity index (χ0v) is 17.2. The molecule has 31 heavy (non-hydrogen) atoms. The minimum Gasteiger partial charge on any atom is -0.507 e. The maximum atomic E-state index is 12.8. The molecular formula is C26H24N2O3. The van der Waals surface area contributed by atoms with Crippen LogP contribution in [0.3, 0.4) is 0 Å². The Balaban J connectivity index is 1.55. The van der Waals surface area contributed by atoms with Crippen LogP contribution < -0.4 is 5.63 Å². The van der Waals surface area contributed by atoms with Crippen LogP contribution >= 0.6 is 0 Å².